The molecule has 2 aromatic heterocycles. The molecular weight excluding hydrogens is 352 g/mol. The summed E-state index contributed by atoms with van der Waals surface area (Å²) in [5.74, 6) is 0.980. The van der Waals surface area contributed by atoms with Gasteiger partial charge in [-0.2, -0.15) is 0 Å². The summed E-state index contributed by atoms with van der Waals surface area (Å²) in [6, 6.07) is 1.90. The lowest BCUT2D eigenvalue weighted by molar-refractivity contribution is -0.117. The summed E-state index contributed by atoms with van der Waals surface area (Å²) in [7, 11) is 0. The molecule has 0 bridgehead atoms. The fourth-order valence-corrected chi connectivity index (χ4v) is 3.76. The van der Waals surface area contributed by atoms with Crippen LogP contribution in [0, 0.1) is 0 Å². The van der Waals surface area contributed by atoms with Gasteiger partial charge in [0.2, 0.25) is 11.9 Å². The van der Waals surface area contributed by atoms with Crippen LogP contribution in [0.1, 0.15) is 37.3 Å². The van der Waals surface area contributed by atoms with E-state index >= 15 is 0 Å². The number of rotatable bonds is 4. The van der Waals surface area contributed by atoms with E-state index in [-0.39, 0.29) is 5.91 Å². The van der Waals surface area contributed by atoms with Gasteiger partial charge in [-0.15, -0.1) is 0 Å². The molecule has 0 radical (unpaired) electrons. The first kappa shape index (κ1) is 17.2. The van der Waals surface area contributed by atoms with Crippen LogP contribution in [0.25, 0.3) is 0 Å². The van der Waals surface area contributed by atoms with E-state index in [4.69, 9.17) is 11.6 Å². The van der Waals surface area contributed by atoms with Gasteiger partial charge in [0.15, 0.2) is 0 Å². The van der Waals surface area contributed by atoms with Gasteiger partial charge in [0, 0.05) is 18.9 Å². The minimum absolute atomic E-state index is 0.139. The van der Waals surface area contributed by atoms with E-state index in [1.807, 2.05) is 6.07 Å². The van der Waals surface area contributed by atoms with Gasteiger partial charge in [-0.05, 0) is 38.4 Å². The van der Waals surface area contributed by atoms with E-state index < -0.39 is 0 Å². The molecule has 26 heavy (non-hydrogen) atoms. The summed E-state index contributed by atoms with van der Waals surface area (Å²) >= 11 is 6.33. The van der Waals surface area contributed by atoms with Crippen molar-refractivity contribution in [2.75, 3.05) is 29.9 Å². The van der Waals surface area contributed by atoms with Crippen LogP contribution >= 0.6 is 11.6 Å². The lowest BCUT2D eigenvalue weighted by Gasteiger charge is -2.23. The maximum Gasteiger partial charge on any atom is 0.227 e. The summed E-state index contributed by atoms with van der Waals surface area (Å²) in [5.41, 5.74) is 2.44. The highest BCUT2D eigenvalue weighted by Gasteiger charge is 2.23. The zero-order valence-corrected chi connectivity index (χ0v) is 15.2. The first-order valence-corrected chi connectivity index (χ1v) is 9.34. The number of hydrogen-bond acceptors (Lipinski definition) is 6. The number of aromatic nitrogens is 3. The van der Waals surface area contributed by atoms with Crippen LogP contribution in [-0.4, -0.2) is 40.5 Å². The maximum absolute atomic E-state index is 11.9. The maximum atomic E-state index is 11.9. The van der Waals surface area contributed by atoms with Gasteiger partial charge in [-0.25, -0.2) is 9.97 Å². The van der Waals surface area contributed by atoms with Gasteiger partial charge in [-0.1, -0.05) is 11.6 Å². The SMILES string of the molecule is O=C1CCCN1c1cncc(Nc2ncc(Cl)c(C3CCNCC3)n2)c1. The van der Waals surface area contributed by atoms with Gasteiger partial charge in [0.05, 0.1) is 40.7 Å². The molecule has 2 aliphatic heterocycles. The number of nitrogens with zero attached hydrogens (tertiary/aromatic N) is 4. The summed E-state index contributed by atoms with van der Waals surface area (Å²) in [5, 5.41) is 7.15. The molecule has 2 aliphatic rings. The Hall–Kier alpha value is -2.25. The van der Waals surface area contributed by atoms with Gasteiger partial charge in [-0.3, -0.25) is 9.78 Å². The fraction of sp³-hybridized carbons (Fsp3) is 0.444. The standard InChI is InChI=1S/C18H21ClN6O/c19-15-11-22-18(24-17(15)12-3-5-20-6-4-12)23-13-8-14(10-21-9-13)25-7-1-2-16(25)26/h8-12,20H,1-7H2,(H,22,23,24). The first-order valence-electron chi connectivity index (χ1n) is 8.96. The quantitative estimate of drug-likeness (QED) is 0.858. The van der Waals surface area contributed by atoms with Crippen LogP contribution < -0.4 is 15.5 Å². The van der Waals surface area contributed by atoms with Crippen LogP contribution in [0.4, 0.5) is 17.3 Å². The monoisotopic (exact) mass is 372 g/mol. The number of nitrogens with one attached hydrogen (secondary N) is 2. The molecule has 8 heteroatoms. The minimum atomic E-state index is 0.139. The van der Waals surface area contributed by atoms with Crippen molar-refractivity contribution < 1.29 is 4.79 Å². The summed E-state index contributed by atoms with van der Waals surface area (Å²) in [6.07, 6.45) is 8.57. The smallest absolute Gasteiger partial charge is 0.227 e. The predicted octanol–water partition coefficient (Wildman–Crippen LogP) is 2.86. The number of carbonyl (C=O) groups excluding carboxylic acids is 1. The van der Waals surface area contributed by atoms with Gasteiger partial charge in [0.25, 0.3) is 0 Å². The van der Waals surface area contributed by atoms with Crippen LogP contribution in [0.5, 0.6) is 0 Å². The molecule has 0 saturated carbocycles. The minimum Gasteiger partial charge on any atom is -0.323 e. The summed E-state index contributed by atoms with van der Waals surface area (Å²) < 4.78 is 0. The molecule has 0 atom stereocenters. The molecule has 2 saturated heterocycles. The molecule has 0 aliphatic carbocycles. The first-order chi connectivity index (χ1) is 12.7. The van der Waals surface area contributed by atoms with E-state index in [0.717, 1.165) is 56.0 Å². The van der Waals surface area contributed by atoms with Crippen molar-refractivity contribution in [3.8, 4) is 0 Å². The Morgan fingerprint density at radius 2 is 2.08 bits per heavy atom. The summed E-state index contributed by atoms with van der Waals surface area (Å²) in [6.45, 7) is 2.69. The third-order valence-electron chi connectivity index (χ3n) is 4.86. The molecular formula is C18H21ClN6O. The molecule has 1 amide bonds. The lowest BCUT2D eigenvalue weighted by atomic mass is 9.94. The number of halogens is 1. The number of carbonyl (C=O) groups is 1. The van der Waals surface area contributed by atoms with E-state index in [1.165, 1.54) is 0 Å². The van der Waals surface area contributed by atoms with Crippen molar-refractivity contribution in [1.82, 2.24) is 20.3 Å². The lowest BCUT2D eigenvalue weighted by Crippen LogP contribution is -2.27. The summed E-state index contributed by atoms with van der Waals surface area (Å²) in [4.78, 5) is 26.9. The van der Waals surface area contributed by atoms with Crippen molar-refractivity contribution in [1.29, 1.82) is 0 Å². The number of hydrogen-bond donors (Lipinski definition) is 2. The zero-order valence-electron chi connectivity index (χ0n) is 14.4. The second-order valence-electron chi connectivity index (χ2n) is 6.66. The topological polar surface area (TPSA) is 83.0 Å². The second-order valence-corrected chi connectivity index (χ2v) is 7.06. The van der Waals surface area contributed by atoms with Gasteiger partial charge in [0.1, 0.15) is 0 Å². The van der Waals surface area contributed by atoms with Crippen molar-refractivity contribution in [3.63, 3.8) is 0 Å². The Labute approximate surface area is 157 Å². The Bertz CT molecular complexity index is 808. The van der Waals surface area contributed by atoms with Gasteiger partial charge < -0.3 is 15.5 Å². The van der Waals surface area contributed by atoms with E-state index in [9.17, 15) is 4.79 Å². The Morgan fingerprint density at radius 3 is 2.85 bits per heavy atom. The number of amides is 1. The zero-order chi connectivity index (χ0) is 17.9. The van der Waals surface area contributed by atoms with Crippen LogP contribution in [0.2, 0.25) is 5.02 Å². The highest BCUT2D eigenvalue weighted by atomic mass is 35.5. The fourth-order valence-electron chi connectivity index (χ4n) is 3.52. The van der Waals surface area contributed by atoms with Crippen molar-refractivity contribution in [3.05, 3.63) is 35.4 Å². The largest absolute Gasteiger partial charge is 0.323 e. The molecule has 7 nitrogen and oxygen atoms in total. The molecule has 4 rings (SSSR count). The molecule has 2 aromatic rings. The molecule has 0 unspecified atom stereocenters. The molecule has 4 heterocycles. The third-order valence-corrected chi connectivity index (χ3v) is 5.15. The normalized spacial score (nSPS) is 18.3. The number of anilines is 3. The van der Waals surface area contributed by atoms with Crippen molar-refractivity contribution >= 4 is 34.8 Å². The van der Waals surface area contributed by atoms with Crippen molar-refractivity contribution in [2.45, 2.75) is 31.6 Å². The molecule has 2 N–H and O–H groups in total. The van der Waals surface area contributed by atoms with Crippen LogP contribution in [0.3, 0.4) is 0 Å². The molecule has 2 fully saturated rings. The average Bonchev–Trinajstić information content (AvgIpc) is 3.10. The van der Waals surface area contributed by atoms with Crippen LogP contribution in [-0.2, 0) is 4.79 Å². The van der Waals surface area contributed by atoms with Gasteiger partial charge >= 0.3 is 0 Å². The Balaban J connectivity index is 1.54. The predicted molar refractivity (Wildman–Crippen MR) is 101 cm³/mol. The van der Waals surface area contributed by atoms with E-state index in [2.05, 4.69) is 25.6 Å². The Morgan fingerprint density at radius 1 is 1.23 bits per heavy atom. The second kappa shape index (κ2) is 7.55. The average molecular weight is 373 g/mol. The number of pyridine rings is 1. The third kappa shape index (κ3) is 3.64. The molecule has 0 aromatic carbocycles. The molecule has 0 spiro atoms. The van der Waals surface area contributed by atoms with E-state index in [0.29, 0.717) is 23.3 Å². The Kier molecular flexibility index (Phi) is 4.99. The number of piperidine rings is 1. The van der Waals surface area contributed by atoms with Crippen molar-refractivity contribution in [2.24, 2.45) is 0 Å². The highest BCUT2D eigenvalue weighted by Crippen LogP contribution is 2.30. The molecule has 136 valence electrons. The van der Waals surface area contributed by atoms with Crippen LogP contribution in [0.15, 0.2) is 24.7 Å². The van der Waals surface area contributed by atoms with E-state index in [1.54, 1.807) is 23.5 Å². The highest BCUT2D eigenvalue weighted by molar-refractivity contribution is 6.31.